The molecular weight excluding hydrogens is 268 g/mol. The summed E-state index contributed by atoms with van der Waals surface area (Å²) in [5, 5.41) is 0. The van der Waals surface area contributed by atoms with Gasteiger partial charge >= 0.3 is 5.97 Å². The number of hydrogen-bond acceptors (Lipinski definition) is 5. The number of carbonyl (C=O) groups excluding carboxylic acids is 2. The van der Waals surface area contributed by atoms with Gasteiger partial charge in [-0.2, -0.15) is 0 Å². The molecule has 0 heterocycles. The number of ketones is 1. The molecule has 0 unspecified atom stereocenters. The summed E-state index contributed by atoms with van der Waals surface area (Å²) in [7, 11) is -2.22. The summed E-state index contributed by atoms with van der Waals surface area (Å²) in [6.45, 7) is 2.12. The van der Waals surface area contributed by atoms with Crippen molar-refractivity contribution in [2.24, 2.45) is 0 Å². The van der Waals surface area contributed by atoms with Gasteiger partial charge in [-0.25, -0.2) is 8.42 Å². The van der Waals surface area contributed by atoms with Crippen molar-refractivity contribution in [3.8, 4) is 0 Å². The number of rotatable bonds is 11. The number of carbonyl (C=O) groups is 2. The number of unbranched alkanes of at least 4 members (excludes halogenated alkanes) is 5. The van der Waals surface area contributed by atoms with Crippen molar-refractivity contribution in [2.75, 3.05) is 18.6 Å². The number of esters is 1. The van der Waals surface area contributed by atoms with E-state index in [9.17, 15) is 18.0 Å². The van der Waals surface area contributed by atoms with Crippen LogP contribution < -0.4 is 0 Å². The molecule has 0 aromatic carbocycles. The lowest BCUT2D eigenvalue weighted by Gasteiger charge is -2.04. The standard InChI is InChI=1S/C13H24O5S/c1-3-4-5-6-7-8-9-19(16,17)11-12(14)10-13(15)18-2/h3-11H2,1-2H3. The Hall–Kier alpha value is -0.910. The fourth-order valence-electron chi connectivity index (χ4n) is 1.70. The van der Waals surface area contributed by atoms with Crippen LogP contribution in [-0.4, -0.2) is 38.8 Å². The predicted molar refractivity (Wildman–Crippen MR) is 73.7 cm³/mol. The van der Waals surface area contributed by atoms with Crippen LogP contribution in [0.25, 0.3) is 0 Å². The molecule has 112 valence electrons. The highest BCUT2D eigenvalue weighted by atomic mass is 32.2. The molecule has 5 nitrogen and oxygen atoms in total. The quantitative estimate of drug-likeness (QED) is 0.330. The highest BCUT2D eigenvalue weighted by Gasteiger charge is 2.18. The zero-order valence-electron chi connectivity index (χ0n) is 11.8. The van der Waals surface area contributed by atoms with Gasteiger partial charge in [0.25, 0.3) is 0 Å². The van der Waals surface area contributed by atoms with Gasteiger partial charge in [0.15, 0.2) is 15.6 Å². The third-order valence-corrected chi connectivity index (χ3v) is 4.43. The second-order valence-corrected chi connectivity index (χ2v) is 6.84. The molecule has 0 aromatic rings. The fourth-order valence-corrected chi connectivity index (χ4v) is 3.08. The van der Waals surface area contributed by atoms with Crippen LogP contribution in [0.3, 0.4) is 0 Å². The Kier molecular flexibility index (Phi) is 9.47. The van der Waals surface area contributed by atoms with Crippen molar-refractivity contribution in [3.05, 3.63) is 0 Å². The summed E-state index contributed by atoms with van der Waals surface area (Å²) in [5.74, 6) is -1.83. The lowest BCUT2D eigenvalue weighted by molar-refractivity contribution is -0.142. The lowest BCUT2D eigenvalue weighted by atomic mass is 10.1. The van der Waals surface area contributed by atoms with E-state index in [0.717, 1.165) is 25.7 Å². The van der Waals surface area contributed by atoms with Gasteiger partial charge in [0.1, 0.15) is 12.2 Å². The first-order valence-electron chi connectivity index (χ1n) is 6.70. The Morgan fingerprint density at radius 3 is 2.16 bits per heavy atom. The maximum Gasteiger partial charge on any atom is 0.313 e. The zero-order valence-corrected chi connectivity index (χ0v) is 12.6. The molecule has 0 aliphatic heterocycles. The van der Waals surface area contributed by atoms with E-state index in [-0.39, 0.29) is 5.75 Å². The molecule has 0 fully saturated rings. The minimum absolute atomic E-state index is 0.0199. The summed E-state index contributed by atoms with van der Waals surface area (Å²) in [6.07, 6.45) is 5.45. The minimum Gasteiger partial charge on any atom is -0.469 e. The van der Waals surface area contributed by atoms with Crippen molar-refractivity contribution >= 4 is 21.6 Å². The average molecular weight is 292 g/mol. The Morgan fingerprint density at radius 2 is 1.58 bits per heavy atom. The van der Waals surface area contributed by atoms with Gasteiger partial charge < -0.3 is 4.74 Å². The second kappa shape index (κ2) is 9.95. The minimum atomic E-state index is -3.38. The molecule has 0 spiro atoms. The molecule has 0 radical (unpaired) electrons. The molecule has 19 heavy (non-hydrogen) atoms. The number of methoxy groups -OCH3 is 1. The molecule has 0 N–H and O–H groups in total. The third-order valence-electron chi connectivity index (χ3n) is 2.76. The topological polar surface area (TPSA) is 77.5 Å². The van der Waals surface area contributed by atoms with Crippen molar-refractivity contribution in [1.82, 2.24) is 0 Å². The Balaban J connectivity index is 3.86. The molecule has 0 aromatic heterocycles. The van der Waals surface area contributed by atoms with Crippen molar-refractivity contribution in [2.45, 2.75) is 51.9 Å². The van der Waals surface area contributed by atoms with Gasteiger partial charge in [0.05, 0.1) is 12.9 Å². The molecule has 0 bridgehead atoms. The third kappa shape index (κ3) is 10.7. The predicted octanol–water partition coefficient (Wildman–Crippen LogP) is 1.89. The first-order valence-corrected chi connectivity index (χ1v) is 8.52. The fraction of sp³-hybridized carbons (Fsp3) is 0.846. The maximum absolute atomic E-state index is 11.6. The average Bonchev–Trinajstić information content (AvgIpc) is 2.32. The highest BCUT2D eigenvalue weighted by Crippen LogP contribution is 2.07. The molecule has 0 saturated carbocycles. The van der Waals surface area contributed by atoms with E-state index in [2.05, 4.69) is 11.7 Å². The molecule has 0 atom stereocenters. The van der Waals surface area contributed by atoms with Crippen LogP contribution in [0.2, 0.25) is 0 Å². The summed E-state index contributed by atoms with van der Waals surface area (Å²) in [6, 6.07) is 0. The molecule has 0 aliphatic carbocycles. The molecule has 6 heteroatoms. The first kappa shape index (κ1) is 18.1. The largest absolute Gasteiger partial charge is 0.469 e. The lowest BCUT2D eigenvalue weighted by Crippen LogP contribution is -2.21. The summed E-state index contributed by atoms with van der Waals surface area (Å²) in [4.78, 5) is 22.2. The first-order chi connectivity index (χ1) is 8.91. The summed E-state index contributed by atoms with van der Waals surface area (Å²) >= 11 is 0. The normalized spacial score (nSPS) is 11.3. The van der Waals surface area contributed by atoms with E-state index < -0.39 is 33.8 Å². The van der Waals surface area contributed by atoms with Gasteiger partial charge in [0, 0.05) is 0 Å². The maximum atomic E-state index is 11.6. The van der Waals surface area contributed by atoms with Crippen molar-refractivity contribution in [1.29, 1.82) is 0 Å². The number of hydrogen-bond donors (Lipinski definition) is 0. The second-order valence-electron chi connectivity index (χ2n) is 4.65. The van der Waals surface area contributed by atoms with Crippen LogP contribution >= 0.6 is 0 Å². The monoisotopic (exact) mass is 292 g/mol. The number of ether oxygens (including phenoxy) is 1. The van der Waals surface area contributed by atoms with E-state index in [1.807, 2.05) is 0 Å². The van der Waals surface area contributed by atoms with Gasteiger partial charge in [0.2, 0.25) is 0 Å². The SMILES string of the molecule is CCCCCCCCS(=O)(=O)CC(=O)CC(=O)OC. The van der Waals surface area contributed by atoms with Crippen LogP contribution in [-0.2, 0) is 24.2 Å². The zero-order chi connectivity index (χ0) is 14.7. The molecule has 0 aliphatic rings. The van der Waals surface area contributed by atoms with Gasteiger partial charge in [-0.3, -0.25) is 9.59 Å². The highest BCUT2D eigenvalue weighted by molar-refractivity contribution is 7.92. The number of sulfone groups is 1. The molecular formula is C13H24O5S. The van der Waals surface area contributed by atoms with Crippen molar-refractivity contribution in [3.63, 3.8) is 0 Å². The van der Waals surface area contributed by atoms with Gasteiger partial charge in [-0.05, 0) is 6.42 Å². The van der Waals surface area contributed by atoms with Crippen LogP contribution in [0.1, 0.15) is 51.9 Å². The van der Waals surface area contributed by atoms with E-state index >= 15 is 0 Å². The Labute approximate surface area is 115 Å². The van der Waals surface area contributed by atoms with E-state index in [1.165, 1.54) is 13.5 Å². The Bertz CT molecular complexity index is 372. The summed E-state index contributed by atoms with van der Waals surface area (Å²) < 4.78 is 27.6. The van der Waals surface area contributed by atoms with Crippen LogP contribution in [0, 0.1) is 0 Å². The van der Waals surface area contributed by atoms with Gasteiger partial charge in [-0.1, -0.05) is 39.0 Å². The van der Waals surface area contributed by atoms with Crippen LogP contribution in [0.4, 0.5) is 0 Å². The molecule has 0 rings (SSSR count). The molecule has 0 amide bonds. The number of Topliss-reactive ketones (excluding diaryl/α,β-unsaturated/α-hetero) is 1. The van der Waals surface area contributed by atoms with Crippen molar-refractivity contribution < 1.29 is 22.7 Å². The van der Waals surface area contributed by atoms with E-state index in [0.29, 0.717) is 6.42 Å². The summed E-state index contributed by atoms with van der Waals surface area (Å²) in [5.41, 5.74) is 0. The van der Waals surface area contributed by atoms with Gasteiger partial charge in [-0.15, -0.1) is 0 Å². The van der Waals surface area contributed by atoms with Crippen LogP contribution in [0.5, 0.6) is 0 Å². The Morgan fingerprint density at radius 1 is 1.00 bits per heavy atom. The van der Waals surface area contributed by atoms with E-state index in [1.54, 1.807) is 0 Å². The van der Waals surface area contributed by atoms with Crippen LogP contribution in [0.15, 0.2) is 0 Å². The molecule has 0 saturated heterocycles. The van der Waals surface area contributed by atoms with E-state index in [4.69, 9.17) is 0 Å². The smallest absolute Gasteiger partial charge is 0.313 e.